The standard InChI is InChI=1S/C17H22O4Se/c1-4-19-16(20-5-2)13-9-10-14(3)21-17(18)22-15-11-7-6-8-12-15/h6-8,11-12,14,16H,4-5,10H2,1-3H3/t14-/m0/s1. The number of hydrogen-bond donors (Lipinski definition) is 0. The zero-order chi connectivity index (χ0) is 16.2. The van der Waals surface area contributed by atoms with E-state index in [0.717, 1.165) is 4.46 Å². The van der Waals surface area contributed by atoms with E-state index in [1.807, 2.05) is 51.1 Å². The van der Waals surface area contributed by atoms with Crippen molar-refractivity contribution in [2.24, 2.45) is 0 Å². The van der Waals surface area contributed by atoms with Gasteiger partial charge >= 0.3 is 138 Å². The molecule has 0 unspecified atom stereocenters. The van der Waals surface area contributed by atoms with Gasteiger partial charge in [-0.2, -0.15) is 0 Å². The molecule has 0 aliphatic heterocycles. The predicted octanol–water partition coefficient (Wildman–Crippen LogP) is 2.33. The summed E-state index contributed by atoms with van der Waals surface area (Å²) < 4.78 is 17.0. The number of ether oxygens (including phenoxy) is 3. The molecule has 0 saturated carbocycles. The van der Waals surface area contributed by atoms with Crippen LogP contribution in [-0.2, 0) is 14.2 Å². The van der Waals surface area contributed by atoms with Crippen LogP contribution in [0.5, 0.6) is 0 Å². The van der Waals surface area contributed by atoms with Crippen molar-refractivity contribution in [2.45, 2.75) is 39.6 Å². The third-order valence-corrected chi connectivity index (χ3v) is 4.10. The first-order valence-corrected chi connectivity index (χ1v) is 9.02. The molecule has 1 aromatic rings. The Labute approximate surface area is 138 Å². The SMILES string of the molecule is CCOC(C#CC[C@H](C)OC(=O)[Se]c1ccccc1)OCC. The van der Waals surface area contributed by atoms with Crippen molar-refractivity contribution < 1.29 is 19.0 Å². The van der Waals surface area contributed by atoms with Crippen molar-refractivity contribution in [1.82, 2.24) is 0 Å². The summed E-state index contributed by atoms with van der Waals surface area (Å²) in [7, 11) is 0. The topological polar surface area (TPSA) is 44.8 Å². The summed E-state index contributed by atoms with van der Waals surface area (Å²) in [5, 5.41) is 0. The first-order valence-electron chi connectivity index (χ1n) is 7.30. The molecule has 0 radical (unpaired) electrons. The average Bonchev–Trinajstić information content (AvgIpc) is 2.48. The van der Waals surface area contributed by atoms with E-state index in [1.54, 1.807) is 0 Å². The molecular formula is C17H22O4Se. The van der Waals surface area contributed by atoms with Gasteiger partial charge in [0.2, 0.25) is 0 Å². The summed E-state index contributed by atoms with van der Waals surface area (Å²) in [6.45, 7) is 6.71. The number of carbonyl (C=O) groups is 1. The fraction of sp³-hybridized carbons (Fsp3) is 0.471. The van der Waals surface area contributed by atoms with Gasteiger partial charge in [0, 0.05) is 0 Å². The van der Waals surface area contributed by atoms with Gasteiger partial charge in [-0.1, -0.05) is 0 Å². The van der Waals surface area contributed by atoms with E-state index in [9.17, 15) is 4.79 Å². The fourth-order valence-electron chi connectivity index (χ4n) is 1.53. The van der Waals surface area contributed by atoms with Crippen LogP contribution in [0, 0.1) is 11.8 Å². The van der Waals surface area contributed by atoms with E-state index in [2.05, 4.69) is 11.8 Å². The first-order chi connectivity index (χ1) is 10.7. The van der Waals surface area contributed by atoms with Crippen LogP contribution in [0.2, 0.25) is 0 Å². The number of carbonyl (C=O) groups excluding carboxylic acids is 1. The third kappa shape index (κ3) is 8.21. The number of benzene rings is 1. The summed E-state index contributed by atoms with van der Waals surface area (Å²) in [6, 6.07) is 9.62. The van der Waals surface area contributed by atoms with Crippen molar-refractivity contribution in [1.29, 1.82) is 0 Å². The molecule has 0 aliphatic rings. The fourth-order valence-corrected chi connectivity index (χ4v) is 3.00. The zero-order valence-corrected chi connectivity index (χ0v) is 14.9. The van der Waals surface area contributed by atoms with E-state index in [1.165, 1.54) is 0 Å². The first kappa shape index (κ1) is 18.7. The van der Waals surface area contributed by atoms with E-state index in [-0.39, 0.29) is 25.9 Å². The summed E-state index contributed by atoms with van der Waals surface area (Å²) in [6.07, 6.45) is -0.284. The van der Waals surface area contributed by atoms with Crippen LogP contribution >= 0.6 is 0 Å². The van der Waals surface area contributed by atoms with E-state index < -0.39 is 6.29 Å². The molecule has 0 heterocycles. The molecule has 0 N–H and O–H groups in total. The molecule has 0 bridgehead atoms. The van der Waals surface area contributed by atoms with E-state index in [4.69, 9.17) is 14.2 Å². The molecule has 1 rings (SSSR count). The second-order valence-corrected chi connectivity index (χ2v) is 6.48. The van der Waals surface area contributed by atoms with E-state index >= 15 is 0 Å². The summed E-state index contributed by atoms with van der Waals surface area (Å²) in [5.74, 6) is 5.85. The molecule has 4 nitrogen and oxygen atoms in total. The Morgan fingerprint density at radius 1 is 1.18 bits per heavy atom. The molecule has 0 fully saturated rings. The predicted molar refractivity (Wildman–Crippen MR) is 87.2 cm³/mol. The molecule has 0 amide bonds. The Kier molecular flexibility index (Phi) is 9.61. The van der Waals surface area contributed by atoms with Gasteiger partial charge in [0.25, 0.3) is 0 Å². The van der Waals surface area contributed by atoms with Crippen LogP contribution in [0.1, 0.15) is 27.2 Å². The molecule has 1 aromatic carbocycles. The van der Waals surface area contributed by atoms with Crippen molar-refractivity contribution in [3.63, 3.8) is 0 Å². The van der Waals surface area contributed by atoms with Crippen LogP contribution in [0.15, 0.2) is 30.3 Å². The molecule has 1 atom stereocenters. The monoisotopic (exact) mass is 370 g/mol. The Balaban J connectivity index is 2.36. The van der Waals surface area contributed by atoms with Crippen molar-refractivity contribution in [2.75, 3.05) is 13.2 Å². The Hall–Kier alpha value is -1.31. The van der Waals surface area contributed by atoms with Gasteiger partial charge in [0.05, 0.1) is 0 Å². The van der Waals surface area contributed by atoms with Crippen molar-refractivity contribution >= 4 is 24.3 Å². The van der Waals surface area contributed by atoms with Crippen molar-refractivity contribution in [3.8, 4) is 11.8 Å². The normalized spacial score (nSPS) is 11.6. The third-order valence-electron chi connectivity index (χ3n) is 2.49. The summed E-state index contributed by atoms with van der Waals surface area (Å²) in [4.78, 5) is 11.7. The van der Waals surface area contributed by atoms with Gasteiger partial charge in [-0.25, -0.2) is 0 Å². The molecule has 22 heavy (non-hydrogen) atoms. The van der Waals surface area contributed by atoms with Gasteiger partial charge in [-0.3, -0.25) is 0 Å². The molecular weight excluding hydrogens is 347 g/mol. The molecule has 0 spiro atoms. The summed E-state index contributed by atoms with van der Waals surface area (Å²) >= 11 is -0.317. The quantitative estimate of drug-likeness (QED) is 0.401. The minimum absolute atomic E-state index is 0.181. The maximum atomic E-state index is 11.8. The summed E-state index contributed by atoms with van der Waals surface area (Å²) in [5.41, 5.74) is 0. The Bertz CT molecular complexity index is 486. The second-order valence-electron chi connectivity index (χ2n) is 4.36. The van der Waals surface area contributed by atoms with Crippen LogP contribution in [-0.4, -0.2) is 45.4 Å². The Morgan fingerprint density at radius 2 is 1.82 bits per heavy atom. The zero-order valence-electron chi connectivity index (χ0n) is 13.2. The van der Waals surface area contributed by atoms with Crippen molar-refractivity contribution in [3.05, 3.63) is 30.3 Å². The number of rotatable bonds is 8. The van der Waals surface area contributed by atoms with Gasteiger partial charge in [0.15, 0.2) is 0 Å². The average molecular weight is 369 g/mol. The molecule has 5 heteroatoms. The van der Waals surface area contributed by atoms with E-state index in [0.29, 0.717) is 19.6 Å². The van der Waals surface area contributed by atoms with Crippen LogP contribution in [0.4, 0.5) is 4.79 Å². The molecule has 0 aliphatic carbocycles. The second kappa shape index (κ2) is 11.3. The van der Waals surface area contributed by atoms with Gasteiger partial charge in [-0.05, 0) is 0 Å². The van der Waals surface area contributed by atoms with Crippen LogP contribution < -0.4 is 4.46 Å². The number of hydrogen-bond acceptors (Lipinski definition) is 4. The molecule has 120 valence electrons. The Morgan fingerprint density at radius 3 is 2.41 bits per heavy atom. The maximum absolute atomic E-state index is 11.8. The van der Waals surface area contributed by atoms with Crippen LogP contribution in [0.25, 0.3) is 0 Å². The minimum atomic E-state index is -0.508. The van der Waals surface area contributed by atoms with Gasteiger partial charge < -0.3 is 0 Å². The van der Waals surface area contributed by atoms with Crippen LogP contribution in [0.3, 0.4) is 0 Å². The van der Waals surface area contributed by atoms with Gasteiger partial charge in [0.1, 0.15) is 0 Å². The molecule has 0 aromatic heterocycles. The molecule has 0 saturated heterocycles. The van der Waals surface area contributed by atoms with Gasteiger partial charge in [-0.15, -0.1) is 0 Å².